The minimum Gasteiger partial charge on any atom is -0.478 e. The van der Waals surface area contributed by atoms with Crippen molar-refractivity contribution in [1.29, 1.82) is 0 Å². The van der Waals surface area contributed by atoms with Crippen molar-refractivity contribution in [2.75, 3.05) is 23.8 Å². The van der Waals surface area contributed by atoms with Gasteiger partial charge in [-0.25, -0.2) is 4.79 Å². The predicted octanol–water partition coefficient (Wildman–Crippen LogP) is 0.773. The summed E-state index contributed by atoms with van der Waals surface area (Å²) in [6, 6.07) is 4.83. The van der Waals surface area contributed by atoms with Crippen molar-refractivity contribution in [1.82, 2.24) is 0 Å². The number of rotatable bonds is 1. The molecule has 2 rings (SSSR count). The molecule has 0 fully saturated rings. The summed E-state index contributed by atoms with van der Waals surface area (Å²) >= 11 is 0. The van der Waals surface area contributed by atoms with E-state index >= 15 is 0 Å². The molecule has 0 aliphatic carbocycles. The Labute approximate surface area is 86.3 Å². The molecule has 0 spiro atoms. The third-order valence-electron chi connectivity index (χ3n) is 2.30. The maximum Gasteiger partial charge on any atom is 0.337 e. The molecule has 5 heteroatoms. The van der Waals surface area contributed by atoms with E-state index in [4.69, 9.17) is 5.11 Å². The summed E-state index contributed by atoms with van der Waals surface area (Å²) in [7, 11) is 1.70. The van der Waals surface area contributed by atoms with Crippen molar-refractivity contribution in [3.8, 4) is 0 Å². The summed E-state index contributed by atoms with van der Waals surface area (Å²) in [5.74, 6) is -1.12. The quantitative estimate of drug-likeness (QED) is 0.712. The molecule has 1 heterocycles. The lowest BCUT2D eigenvalue weighted by Crippen LogP contribution is -2.36. The minimum atomic E-state index is -0.991. The van der Waals surface area contributed by atoms with Crippen molar-refractivity contribution in [3.05, 3.63) is 23.8 Å². The van der Waals surface area contributed by atoms with Crippen LogP contribution in [0.15, 0.2) is 18.2 Å². The summed E-state index contributed by atoms with van der Waals surface area (Å²) < 4.78 is 0. The predicted molar refractivity (Wildman–Crippen MR) is 55.3 cm³/mol. The van der Waals surface area contributed by atoms with E-state index in [1.54, 1.807) is 24.1 Å². The number of anilines is 2. The van der Waals surface area contributed by atoms with Crippen molar-refractivity contribution in [2.45, 2.75) is 0 Å². The van der Waals surface area contributed by atoms with Gasteiger partial charge in [0.15, 0.2) is 0 Å². The number of nitrogens with zero attached hydrogens (tertiary/aromatic N) is 1. The first-order chi connectivity index (χ1) is 7.09. The van der Waals surface area contributed by atoms with Gasteiger partial charge in [-0.05, 0) is 12.1 Å². The first kappa shape index (κ1) is 9.51. The van der Waals surface area contributed by atoms with Gasteiger partial charge in [0.05, 0.1) is 23.5 Å². The number of carbonyl (C=O) groups excluding carboxylic acids is 1. The second-order valence-electron chi connectivity index (χ2n) is 3.41. The highest BCUT2D eigenvalue weighted by Gasteiger charge is 2.24. The number of fused-ring (bicyclic) bond motifs is 1. The maximum atomic E-state index is 11.2. The first-order valence-electron chi connectivity index (χ1n) is 4.47. The molecular formula is C10H10N2O3. The molecule has 1 aliphatic heterocycles. The topological polar surface area (TPSA) is 69.6 Å². The monoisotopic (exact) mass is 206 g/mol. The minimum absolute atomic E-state index is 0.132. The molecule has 0 unspecified atom stereocenters. The molecule has 5 nitrogen and oxygen atoms in total. The molecule has 2 N–H and O–H groups in total. The smallest absolute Gasteiger partial charge is 0.337 e. The van der Waals surface area contributed by atoms with Crippen molar-refractivity contribution in [3.63, 3.8) is 0 Å². The van der Waals surface area contributed by atoms with E-state index in [2.05, 4.69) is 5.32 Å². The Morgan fingerprint density at radius 2 is 2.27 bits per heavy atom. The van der Waals surface area contributed by atoms with E-state index in [1.807, 2.05) is 0 Å². The van der Waals surface area contributed by atoms with Crippen LogP contribution in [0.4, 0.5) is 11.4 Å². The van der Waals surface area contributed by atoms with E-state index in [1.165, 1.54) is 6.07 Å². The third kappa shape index (κ3) is 1.52. The van der Waals surface area contributed by atoms with E-state index in [9.17, 15) is 9.59 Å². The van der Waals surface area contributed by atoms with Gasteiger partial charge in [-0.3, -0.25) is 4.79 Å². The SMILES string of the molecule is CN1CC(=O)Nc2cccc(C(=O)O)c21. The number of hydrogen-bond donors (Lipinski definition) is 2. The number of benzene rings is 1. The van der Waals surface area contributed by atoms with Crippen molar-refractivity contribution < 1.29 is 14.7 Å². The van der Waals surface area contributed by atoms with Gasteiger partial charge < -0.3 is 15.3 Å². The van der Waals surface area contributed by atoms with Crippen LogP contribution in [0, 0.1) is 0 Å². The number of nitrogens with one attached hydrogen (secondary N) is 1. The highest BCUT2D eigenvalue weighted by atomic mass is 16.4. The summed E-state index contributed by atoms with van der Waals surface area (Å²) in [6.45, 7) is 0.178. The fourth-order valence-corrected chi connectivity index (χ4v) is 1.71. The second kappa shape index (κ2) is 3.27. The second-order valence-corrected chi connectivity index (χ2v) is 3.41. The fourth-order valence-electron chi connectivity index (χ4n) is 1.71. The normalized spacial score (nSPS) is 14.5. The van der Waals surface area contributed by atoms with Crippen LogP contribution in [0.25, 0.3) is 0 Å². The zero-order chi connectivity index (χ0) is 11.0. The highest BCUT2D eigenvalue weighted by Crippen LogP contribution is 2.31. The zero-order valence-corrected chi connectivity index (χ0v) is 8.15. The molecule has 15 heavy (non-hydrogen) atoms. The van der Waals surface area contributed by atoms with Crippen molar-refractivity contribution >= 4 is 23.3 Å². The van der Waals surface area contributed by atoms with Crippen LogP contribution < -0.4 is 10.2 Å². The Balaban J connectivity index is 2.59. The molecule has 0 saturated heterocycles. The molecule has 1 aromatic rings. The molecule has 0 saturated carbocycles. The molecule has 1 amide bonds. The summed E-state index contributed by atoms with van der Waals surface area (Å²) in [6.07, 6.45) is 0. The average molecular weight is 206 g/mol. The van der Waals surface area contributed by atoms with Crippen LogP contribution in [0.3, 0.4) is 0 Å². The van der Waals surface area contributed by atoms with E-state index in [0.717, 1.165) is 0 Å². The first-order valence-corrected chi connectivity index (χ1v) is 4.47. The summed E-state index contributed by atoms with van der Waals surface area (Å²) in [5, 5.41) is 11.6. The Morgan fingerprint density at radius 1 is 1.53 bits per heavy atom. The number of hydrogen-bond acceptors (Lipinski definition) is 3. The molecule has 1 aliphatic rings. The number of aromatic carboxylic acids is 1. The van der Waals surface area contributed by atoms with Crippen LogP contribution in [0.1, 0.15) is 10.4 Å². The summed E-state index contributed by atoms with van der Waals surface area (Å²) in [4.78, 5) is 23.8. The largest absolute Gasteiger partial charge is 0.478 e. The van der Waals surface area contributed by atoms with Crippen molar-refractivity contribution in [2.24, 2.45) is 0 Å². The molecule has 0 aromatic heterocycles. The zero-order valence-electron chi connectivity index (χ0n) is 8.15. The van der Waals surface area contributed by atoms with Crippen LogP contribution in [0.2, 0.25) is 0 Å². The Bertz CT molecular complexity index is 442. The van der Waals surface area contributed by atoms with Gasteiger partial charge >= 0.3 is 5.97 Å². The van der Waals surface area contributed by atoms with Gasteiger partial charge in [0.2, 0.25) is 5.91 Å². The molecule has 78 valence electrons. The number of para-hydroxylation sites is 1. The highest BCUT2D eigenvalue weighted by molar-refractivity contribution is 6.07. The molecular weight excluding hydrogens is 196 g/mol. The Kier molecular flexibility index (Phi) is 2.07. The number of carbonyl (C=O) groups is 2. The van der Waals surface area contributed by atoms with E-state index in [0.29, 0.717) is 11.4 Å². The number of carboxylic acids is 1. The maximum absolute atomic E-state index is 11.2. The fraction of sp³-hybridized carbons (Fsp3) is 0.200. The van der Waals surface area contributed by atoms with Gasteiger partial charge in [0.25, 0.3) is 0 Å². The molecule has 0 atom stereocenters. The standard InChI is InChI=1S/C10H10N2O3/c1-12-5-8(13)11-7-4-2-3-6(9(7)12)10(14)15/h2-4H,5H2,1H3,(H,11,13)(H,14,15). The molecule has 1 aromatic carbocycles. The van der Waals surface area contributed by atoms with Gasteiger partial charge in [-0.1, -0.05) is 6.07 Å². The van der Waals surface area contributed by atoms with E-state index in [-0.39, 0.29) is 18.0 Å². The lowest BCUT2D eigenvalue weighted by atomic mass is 10.1. The van der Waals surface area contributed by atoms with Gasteiger partial charge in [-0.15, -0.1) is 0 Å². The Morgan fingerprint density at radius 3 is 2.93 bits per heavy atom. The lowest BCUT2D eigenvalue weighted by Gasteiger charge is -2.28. The van der Waals surface area contributed by atoms with Gasteiger partial charge in [0.1, 0.15) is 0 Å². The lowest BCUT2D eigenvalue weighted by molar-refractivity contribution is -0.115. The van der Waals surface area contributed by atoms with Crippen LogP contribution >= 0.6 is 0 Å². The summed E-state index contributed by atoms with van der Waals surface area (Å²) in [5.41, 5.74) is 1.31. The third-order valence-corrected chi connectivity index (χ3v) is 2.30. The average Bonchev–Trinajstić information content (AvgIpc) is 2.16. The van der Waals surface area contributed by atoms with Gasteiger partial charge in [0, 0.05) is 7.05 Å². The number of amides is 1. The van der Waals surface area contributed by atoms with Crippen LogP contribution in [-0.4, -0.2) is 30.6 Å². The van der Waals surface area contributed by atoms with Crippen LogP contribution in [-0.2, 0) is 4.79 Å². The number of carboxylic acid groups (broad SMARTS) is 1. The van der Waals surface area contributed by atoms with Gasteiger partial charge in [-0.2, -0.15) is 0 Å². The molecule has 0 radical (unpaired) electrons. The molecule has 0 bridgehead atoms. The Hall–Kier alpha value is -2.04. The number of likely N-dealkylation sites (N-methyl/N-ethyl adjacent to an activating group) is 1. The van der Waals surface area contributed by atoms with Crippen LogP contribution in [0.5, 0.6) is 0 Å². The van der Waals surface area contributed by atoms with E-state index < -0.39 is 5.97 Å².